The summed E-state index contributed by atoms with van der Waals surface area (Å²) in [5.74, 6) is -2.22. The third-order valence-corrected chi connectivity index (χ3v) is 5.10. The number of rotatable bonds is 9. The van der Waals surface area contributed by atoms with E-state index in [1.54, 1.807) is 6.20 Å². The molecule has 31 heavy (non-hydrogen) atoms. The van der Waals surface area contributed by atoms with Crippen molar-refractivity contribution in [1.82, 2.24) is 15.6 Å². The molecule has 1 heterocycles. The number of aromatic amines is 1. The first-order valence-electron chi connectivity index (χ1n) is 10.0. The number of amides is 2. The van der Waals surface area contributed by atoms with E-state index in [9.17, 15) is 14.4 Å². The van der Waals surface area contributed by atoms with Crippen molar-refractivity contribution >= 4 is 28.7 Å². The van der Waals surface area contributed by atoms with Gasteiger partial charge in [0.15, 0.2) is 0 Å². The summed E-state index contributed by atoms with van der Waals surface area (Å²) in [6.07, 6.45) is 2.28. The van der Waals surface area contributed by atoms with Crippen LogP contribution in [0.25, 0.3) is 10.9 Å². The molecule has 0 aliphatic carbocycles. The van der Waals surface area contributed by atoms with Gasteiger partial charge in [0.2, 0.25) is 11.8 Å². The van der Waals surface area contributed by atoms with E-state index in [4.69, 9.17) is 10.8 Å². The molecule has 3 rings (SSSR count). The highest BCUT2D eigenvalue weighted by atomic mass is 16.4. The molecule has 0 saturated carbocycles. The minimum Gasteiger partial charge on any atom is -0.480 e. The van der Waals surface area contributed by atoms with Gasteiger partial charge in [0.05, 0.1) is 6.04 Å². The number of carboxylic acids is 1. The number of carbonyl (C=O) groups is 3. The summed E-state index contributed by atoms with van der Waals surface area (Å²) in [4.78, 5) is 39.8. The van der Waals surface area contributed by atoms with Crippen LogP contribution in [0.4, 0.5) is 0 Å². The maximum absolute atomic E-state index is 12.8. The highest BCUT2D eigenvalue weighted by Gasteiger charge is 2.27. The molecular weight excluding hydrogens is 396 g/mol. The van der Waals surface area contributed by atoms with Crippen LogP contribution in [-0.4, -0.2) is 46.0 Å². The van der Waals surface area contributed by atoms with Crippen LogP contribution in [0.15, 0.2) is 60.8 Å². The number of para-hydroxylation sites is 1. The van der Waals surface area contributed by atoms with E-state index in [0.717, 1.165) is 22.0 Å². The maximum atomic E-state index is 12.8. The van der Waals surface area contributed by atoms with E-state index >= 15 is 0 Å². The largest absolute Gasteiger partial charge is 0.480 e. The normalized spacial score (nSPS) is 13.9. The molecule has 0 aliphatic heterocycles. The van der Waals surface area contributed by atoms with E-state index in [1.807, 2.05) is 54.6 Å². The number of carboxylic acid groups (broad SMARTS) is 1. The van der Waals surface area contributed by atoms with Gasteiger partial charge in [-0.05, 0) is 30.5 Å². The molecule has 6 N–H and O–H groups in total. The fourth-order valence-electron chi connectivity index (χ4n) is 3.34. The van der Waals surface area contributed by atoms with Gasteiger partial charge < -0.3 is 26.5 Å². The number of hydrogen-bond acceptors (Lipinski definition) is 4. The zero-order valence-corrected chi connectivity index (χ0v) is 17.2. The lowest BCUT2D eigenvalue weighted by molar-refractivity contribution is -0.141. The van der Waals surface area contributed by atoms with Crippen LogP contribution in [0, 0.1) is 0 Å². The number of aliphatic carboxylic acids is 1. The third kappa shape index (κ3) is 5.70. The van der Waals surface area contributed by atoms with Crippen LogP contribution in [0.3, 0.4) is 0 Å². The molecule has 0 bridgehead atoms. The van der Waals surface area contributed by atoms with Crippen molar-refractivity contribution in [3.8, 4) is 0 Å². The molecule has 1 aromatic heterocycles. The minimum atomic E-state index is -1.16. The lowest BCUT2D eigenvalue weighted by Crippen LogP contribution is -2.55. The van der Waals surface area contributed by atoms with E-state index in [2.05, 4.69) is 15.6 Å². The number of hydrogen-bond donors (Lipinski definition) is 5. The summed E-state index contributed by atoms with van der Waals surface area (Å²) in [5, 5.41) is 15.2. The first-order chi connectivity index (χ1) is 14.8. The molecule has 2 aromatic carbocycles. The van der Waals surface area contributed by atoms with Gasteiger partial charge in [0.1, 0.15) is 12.1 Å². The Hall–Kier alpha value is -3.65. The average molecular weight is 422 g/mol. The number of aromatic nitrogens is 1. The topological polar surface area (TPSA) is 137 Å². The number of benzene rings is 2. The molecule has 0 saturated heterocycles. The Bertz CT molecular complexity index is 1060. The second-order valence-electron chi connectivity index (χ2n) is 7.49. The second-order valence-corrected chi connectivity index (χ2v) is 7.49. The summed E-state index contributed by atoms with van der Waals surface area (Å²) >= 11 is 0. The third-order valence-electron chi connectivity index (χ3n) is 5.10. The second kappa shape index (κ2) is 9.90. The smallest absolute Gasteiger partial charge is 0.325 e. The number of nitrogens with one attached hydrogen (secondary N) is 3. The zero-order valence-electron chi connectivity index (χ0n) is 17.2. The number of nitrogens with two attached hydrogens (primary N) is 1. The Balaban J connectivity index is 1.76. The highest BCUT2D eigenvalue weighted by Crippen LogP contribution is 2.19. The van der Waals surface area contributed by atoms with Gasteiger partial charge >= 0.3 is 5.97 Å². The predicted octanol–water partition coefficient (Wildman–Crippen LogP) is 1.35. The average Bonchev–Trinajstić information content (AvgIpc) is 3.16. The fourth-order valence-corrected chi connectivity index (χ4v) is 3.34. The highest BCUT2D eigenvalue weighted by molar-refractivity contribution is 5.92. The Morgan fingerprint density at radius 1 is 0.968 bits per heavy atom. The minimum absolute atomic E-state index is 0.186. The van der Waals surface area contributed by atoms with Crippen LogP contribution in [-0.2, 0) is 27.2 Å². The van der Waals surface area contributed by atoms with Crippen LogP contribution >= 0.6 is 0 Å². The van der Waals surface area contributed by atoms with Crippen molar-refractivity contribution in [1.29, 1.82) is 0 Å². The van der Waals surface area contributed by atoms with E-state index in [0.29, 0.717) is 6.42 Å². The molecule has 162 valence electrons. The number of H-pyrrole nitrogens is 1. The number of fused-ring (bicyclic) bond motifs is 1. The predicted molar refractivity (Wildman–Crippen MR) is 117 cm³/mol. The molecule has 0 radical (unpaired) electrons. The van der Waals surface area contributed by atoms with Crippen LogP contribution in [0.5, 0.6) is 0 Å². The lowest BCUT2D eigenvalue weighted by atomic mass is 10.0. The van der Waals surface area contributed by atoms with Gasteiger partial charge in [-0.25, -0.2) is 0 Å². The summed E-state index contributed by atoms with van der Waals surface area (Å²) in [7, 11) is 0. The maximum Gasteiger partial charge on any atom is 0.325 e. The van der Waals surface area contributed by atoms with Gasteiger partial charge in [-0.2, -0.15) is 0 Å². The van der Waals surface area contributed by atoms with Gasteiger partial charge in [0, 0.05) is 23.5 Å². The van der Waals surface area contributed by atoms with Crippen molar-refractivity contribution in [2.45, 2.75) is 37.9 Å². The van der Waals surface area contributed by atoms with Crippen molar-refractivity contribution in [2.24, 2.45) is 5.73 Å². The first-order valence-corrected chi connectivity index (χ1v) is 10.0. The van der Waals surface area contributed by atoms with Gasteiger partial charge in [-0.15, -0.1) is 0 Å². The molecule has 3 unspecified atom stereocenters. The Morgan fingerprint density at radius 2 is 1.65 bits per heavy atom. The summed E-state index contributed by atoms with van der Waals surface area (Å²) in [5.41, 5.74) is 8.71. The van der Waals surface area contributed by atoms with Gasteiger partial charge in [-0.3, -0.25) is 14.4 Å². The van der Waals surface area contributed by atoms with Crippen LogP contribution in [0.1, 0.15) is 18.1 Å². The molecule has 2 amide bonds. The van der Waals surface area contributed by atoms with Crippen molar-refractivity contribution in [3.05, 3.63) is 71.9 Å². The van der Waals surface area contributed by atoms with E-state index in [1.165, 1.54) is 6.92 Å². The molecular formula is C23H26N4O4. The van der Waals surface area contributed by atoms with Gasteiger partial charge in [0.25, 0.3) is 0 Å². The van der Waals surface area contributed by atoms with Crippen molar-refractivity contribution < 1.29 is 19.5 Å². The Labute approximate surface area is 179 Å². The number of carbonyl (C=O) groups excluding carboxylic acids is 2. The molecule has 0 spiro atoms. The Morgan fingerprint density at radius 3 is 2.35 bits per heavy atom. The quantitative estimate of drug-likeness (QED) is 0.354. The summed E-state index contributed by atoms with van der Waals surface area (Å²) < 4.78 is 0. The zero-order chi connectivity index (χ0) is 22.4. The fraction of sp³-hybridized carbons (Fsp3) is 0.261. The summed E-state index contributed by atoms with van der Waals surface area (Å²) in [6.45, 7) is 1.37. The molecule has 0 aliphatic rings. The molecule has 8 nitrogen and oxygen atoms in total. The van der Waals surface area contributed by atoms with E-state index in [-0.39, 0.29) is 6.42 Å². The van der Waals surface area contributed by atoms with Crippen molar-refractivity contribution in [2.75, 3.05) is 0 Å². The van der Waals surface area contributed by atoms with E-state index < -0.39 is 35.9 Å². The van der Waals surface area contributed by atoms with Gasteiger partial charge in [-0.1, -0.05) is 48.5 Å². The molecule has 0 fully saturated rings. The monoisotopic (exact) mass is 422 g/mol. The summed E-state index contributed by atoms with van der Waals surface area (Å²) in [6, 6.07) is 14.0. The molecule has 3 aromatic rings. The Kier molecular flexibility index (Phi) is 7.04. The molecule has 3 atom stereocenters. The van der Waals surface area contributed by atoms with Crippen molar-refractivity contribution in [3.63, 3.8) is 0 Å². The first kappa shape index (κ1) is 22.0. The molecule has 8 heteroatoms. The van der Waals surface area contributed by atoms with Crippen LogP contribution in [0.2, 0.25) is 0 Å². The lowest BCUT2D eigenvalue weighted by Gasteiger charge is -2.22. The SMILES string of the molecule is CC(NC(=O)C(Cc1c[nH]c2ccccc12)NC(=O)C(N)Cc1ccccc1)C(=O)O. The standard InChI is InChI=1S/C23H26N4O4/c1-14(23(30)31)26-22(29)20(12-16-13-25-19-10-6-5-9-17(16)19)27-21(28)18(24)11-15-7-3-2-4-8-15/h2-10,13-14,18,20,25H,11-12,24H2,1H3,(H,26,29)(H,27,28)(H,30,31). The van der Waals surface area contributed by atoms with Crippen LogP contribution < -0.4 is 16.4 Å².